The minimum absolute atomic E-state index is 0.0645. The first-order valence-electron chi connectivity index (χ1n) is 13.5. The largest absolute Gasteiger partial charge is 0.512 e. The number of aliphatic hydroxyl groups excluding tert-OH is 1. The molecule has 5 nitrogen and oxygen atoms in total. The summed E-state index contributed by atoms with van der Waals surface area (Å²) in [6.45, 7) is 7.32. The molecule has 39 heavy (non-hydrogen) atoms. The molecule has 3 aromatic carbocycles. The van der Waals surface area contributed by atoms with Crippen LogP contribution in [0.25, 0.3) is 6.08 Å². The highest BCUT2D eigenvalue weighted by Gasteiger charge is 2.34. The molecule has 3 aromatic rings. The fourth-order valence-electron chi connectivity index (χ4n) is 5.24. The second-order valence-corrected chi connectivity index (χ2v) is 11.0. The van der Waals surface area contributed by atoms with Crippen molar-refractivity contribution in [3.63, 3.8) is 0 Å². The Morgan fingerprint density at radius 3 is 2.33 bits per heavy atom. The summed E-state index contributed by atoms with van der Waals surface area (Å²) in [5.41, 5.74) is 4.38. The van der Waals surface area contributed by atoms with Crippen LogP contribution in [-0.4, -0.2) is 35.6 Å². The molecule has 0 bridgehead atoms. The van der Waals surface area contributed by atoms with Crippen LogP contribution in [0.2, 0.25) is 5.02 Å². The lowest BCUT2D eigenvalue weighted by Crippen LogP contribution is -2.42. The van der Waals surface area contributed by atoms with Gasteiger partial charge in [-0.25, -0.2) is 0 Å². The maximum Gasteiger partial charge on any atom is 0.119 e. The summed E-state index contributed by atoms with van der Waals surface area (Å²) >= 11 is 6.43. The van der Waals surface area contributed by atoms with E-state index in [-0.39, 0.29) is 24.0 Å². The van der Waals surface area contributed by atoms with E-state index in [1.54, 1.807) is 6.07 Å². The first kappa shape index (κ1) is 27.0. The predicted molar refractivity (Wildman–Crippen MR) is 159 cm³/mol. The molecule has 6 heteroatoms. The van der Waals surface area contributed by atoms with Crippen LogP contribution >= 0.6 is 11.6 Å². The van der Waals surface area contributed by atoms with E-state index in [0.717, 1.165) is 48.3 Å². The third-order valence-electron chi connectivity index (χ3n) is 7.91. The standard InChI is InChI=1S/C33H35ClN2O3/c1-3-23-7-13-26(14-8-23)36-19-17-33(38,18-20-36)25-11-15-27(16-12-25)39-21-28(32(37)24-9-10-24)31(35)30-22(2)5-4-6-29(30)34/h3-8,11-16,24,35,37-38H,1,9-10,17-21H2,2H3/b32-28-,35-31?. The van der Waals surface area contributed by atoms with Crippen molar-refractivity contribution >= 4 is 29.1 Å². The lowest BCUT2D eigenvalue weighted by molar-refractivity contribution is 0.0117. The molecule has 0 amide bonds. The fraction of sp³-hybridized carbons (Fsp3) is 0.303. The van der Waals surface area contributed by atoms with Crippen LogP contribution in [-0.2, 0) is 5.60 Å². The van der Waals surface area contributed by atoms with Crippen LogP contribution in [0.3, 0.4) is 0 Å². The molecule has 0 spiro atoms. The fourth-order valence-corrected chi connectivity index (χ4v) is 5.55. The van der Waals surface area contributed by atoms with Crippen LogP contribution < -0.4 is 9.64 Å². The smallest absolute Gasteiger partial charge is 0.119 e. The molecule has 1 saturated carbocycles. The maximum atomic E-state index is 11.4. The number of rotatable bonds is 9. The second-order valence-electron chi connectivity index (χ2n) is 10.6. The van der Waals surface area contributed by atoms with Crippen molar-refractivity contribution in [3.8, 4) is 5.75 Å². The van der Waals surface area contributed by atoms with Crippen molar-refractivity contribution in [1.29, 1.82) is 5.41 Å². The van der Waals surface area contributed by atoms with Crippen molar-refractivity contribution in [2.24, 2.45) is 5.92 Å². The number of halogens is 1. The minimum Gasteiger partial charge on any atom is -0.512 e. The predicted octanol–water partition coefficient (Wildman–Crippen LogP) is 7.45. The number of hydrogen-bond acceptors (Lipinski definition) is 5. The summed E-state index contributed by atoms with van der Waals surface area (Å²) < 4.78 is 6.06. The van der Waals surface area contributed by atoms with E-state index in [2.05, 4.69) is 35.7 Å². The summed E-state index contributed by atoms with van der Waals surface area (Å²) in [6, 6.07) is 21.4. The molecule has 0 atom stereocenters. The Morgan fingerprint density at radius 2 is 1.74 bits per heavy atom. The van der Waals surface area contributed by atoms with Crippen molar-refractivity contribution < 1.29 is 14.9 Å². The van der Waals surface area contributed by atoms with Gasteiger partial charge in [0.15, 0.2) is 0 Å². The Labute approximate surface area is 235 Å². The highest BCUT2D eigenvalue weighted by molar-refractivity contribution is 6.35. The van der Waals surface area contributed by atoms with Gasteiger partial charge in [0.25, 0.3) is 0 Å². The van der Waals surface area contributed by atoms with Gasteiger partial charge in [-0.2, -0.15) is 0 Å². The van der Waals surface area contributed by atoms with Crippen molar-refractivity contribution in [1.82, 2.24) is 0 Å². The highest BCUT2D eigenvalue weighted by Crippen LogP contribution is 2.38. The molecule has 3 N–H and O–H groups in total. The van der Waals surface area contributed by atoms with Crippen molar-refractivity contribution in [2.75, 3.05) is 24.6 Å². The number of anilines is 1. The number of aryl methyl sites for hydroxylation is 1. The molecule has 0 aromatic heterocycles. The number of ether oxygens (including phenoxy) is 1. The summed E-state index contributed by atoms with van der Waals surface area (Å²) in [5, 5.41) is 31.7. The Hall–Kier alpha value is -3.54. The summed E-state index contributed by atoms with van der Waals surface area (Å²) in [4.78, 5) is 2.30. The summed E-state index contributed by atoms with van der Waals surface area (Å²) in [6.07, 6.45) is 4.92. The summed E-state index contributed by atoms with van der Waals surface area (Å²) in [7, 11) is 0. The minimum atomic E-state index is -0.894. The third-order valence-corrected chi connectivity index (χ3v) is 8.22. The molecular formula is C33H35ClN2O3. The number of allylic oxidation sites excluding steroid dienone is 1. The molecule has 2 aliphatic rings. The number of nitrogens with zero attached hydrogens (tertiary/aromatic N) is 1. The normalized spacial score (nSPS) is 17.4. The number of hydrogen-bond donors (Lipinski definition) is 3. The zero-order valence-corrected chi connectivity index (χ0v) is 23.0. The van der Waals surface area contributed by atoms with Crippen molar-refractivity contribution in [2.45, 2.75) is 38.2 Å². The maximum absolute atomic E-state index is 11.4. The highest BCUT2D eigenvalue weighted by atomic mass is 35.5. The first-order chi connectivity index (χ1) is 18.8. The van der Waals surface area contributed by atoms with Gasteiger partial charge in [-0.1, -0.05) is 60.7 Å². The SMILES string of the molecule is C=Cc1ccc(N2CCC(O)(c3ccc(OC/C(C(=N)c4c(C)cccc4Cl)=C(/O)C4CC4)cc3)CC2)cc1. The van der Waals surface area contributed by atoms with E-state index in [9.17, 15) is 10.2 Å². The monoisotopic (exact) mass is 542 g/mol. The number of piperidine rings is 1. The van der Waals surface area contributed by atoms with Gasteiger partial charge in [0.2, 0.25) is 0 Å². The average molecular weight is 543 g/mol. The molecule has 1 heterocycles. The van der Waals surface area contributed by atoms with Gasteiger partial charge in [-0.05, 0) is 79.6 Å². The number of aliphatic hydroxyl groups is 2. The zero-order chi connectivity index (χ0) is 27.6. The van der Waals surface area contributed by atoms with E-state index in [1.165, 1.54) is 0 Å². The van der Waals surface area contributed by atoms with Crippen LogP contribution in [0, 0.1) is 18.3 Å². The van der Waals surface area contributed by atoms with E-state index in [1.807, 2.05) is 49.4 Å². The zero-order valence-electron chi connectivity index (χ0n) is 22.3. The van der Waals surface area contributed by atoms with Crippen molar-refractivity contribution in [3.05, 3.63) is 112 Å². The topological polar surface area (TPSA) is 76.8 Å². The molecule has 0 unspecified atom stereocenters. The van der Waals surface area contributed by atoms with Gasteiger partial charge < -0.3 is 19.8 Å². The van der Waals surface area contributed by atoms with Gasteiger partial charge in [-0.15, -0.1) is 0 Å². The lowest BCUT2D eigenvalue weighted by atomic mass is 9.84. The Balaban J connectivity index is 1.25. The molecule has 202 valence electrons. The first-order valence-corrected chi connectivity index (χ1v) is 13.9. The Morgan fingerprint density at radius 1 is 1.08 bits per heavy atom. The molecule has 5 rings (SSSR count). The van der Waals surface area contributed by atoms with E-state index in [4.69, 9.17) is 21.7 Å². The van der Waals surface area contributed by atoms with Crippen LogP contribution in [0.5, 0.6) is 5.75 Å². The second kappa shape index (κ2) is 11.3. The summed E-state index contributed by atoms with van der Waals surface area (Å²) in [5.74, 6) is 0.914. The molecule has 0 radical (unpaired) electrons. The lowest BCUT2D eigenvalue weighted by Gasteiger charge is -2.39. The van der Waals surface area contributed by atoms with Gasteiger partial charge in [0.1, 0.15) is 18.1 Å². The van der Waals surface area contributed by atoms with Crippen LogP contribution in [0.15, 0.2) is 84.6 Å². The molecule has 1 aliphatic heterocycles. The van der Waals surface area contributed by atoms with Gasteiger partial charge in [0.05, 0.1) is 21.9 Å². The molecule has 1 saturated heterocycles. The van der Waals surface area contributed by atoms with Gasteiger partial charge >= 0.3 is 0 Å². The Kier molecular flexibility index (Phi) is 7.83. The van der Waals surface area contributed by atoms with E-state index < -0.39 is 5.60 Å². The molecular weight excluding hydrogens is 508 g/mol. The third kappa shape index (κ3) is 5.90. The molecule has 2 fully saturated rings. The number of nitrogens with one attached hydrogen (secondary N) is 1. The van der Waals surface area contributed by atoms with Gasteiger partial charge in [-0.3, -0.25) is 5.41 Å². The number of benzene rings is 3. The van der Waals surface area contributed by atoms with Gasteiger partial charge in [0, 0.05) is 30.3 Å². The Bertz CT molecular complexity index is 1360. The quantitative estimate of drug-likeness (QED) is 0.194. The van der Waals surface area contributed by atoms with E-state index in [0.29, 0.717) is 34.8 Å². The molecule has 1 aliphatic carbocycles. The van der Waals surface area contributed by atoms with E-state index >= 15 is 0 Å². The van der Waals surface area contributed by atoms with Crippen LogP contribution in [0.4, 0.5) is 5.69 Å². The van der Waals surface area contributed by atoms with Crippen LogP contribution in [0.1, 0.15) is 47.9 Å². The average Bonchev–Trinajstić information content (AvgIpc) is 3.80.